The minimum Gasteiger partial charge on any atom is -0.352 e. The zero-order valence-corrected chi connectivity index (χ0v) is 17.6. The van der Waals surface area contributed by atoms with Crippen molar-refractivity contribution in [2.45, 2.75) is 40.2 Å². The molecule has 3 rings (SSSR count). The standard InChI is InChI=1S/C22H28N2O3S/c1-16-13-17(2)21(18(3)14-16)22(25)23-10-6-12-28(26,27)24-11-9-19-7-4-5-8-20(19)15-24/h4-5,7-8,13-14H,6,9-12,15H2,1-3H3,(H,23,25). The van der Waals surface area contributed by atoms with E-state index in [0.717, 1.165) is 28.7 Å². The minimum atomic E-state index is -3.33. The van der Waals surface area contributed by atoms with Crippen LogP contribution < -0.4 is 5.32 Å². The van der Waals surface area contributed by atoms with Gasteiger partial charge in [-0.3, -0.25) is 4.79 Å². The van der Waals surface area contributed by atoms with Gasteiger partial charge in [0.05, 0.1) is 5.75 Å². The summed E-state index contributed by atoms with van der Waals surface area (Å²) in [6.45, 7) is 7.15. The Kier molecular flexibility index (Phi) is 6.20. The van der Waals surface area contributed by atoms with Crippen LogP contribution >= 0.6 is 0 Å². The first-order chi connectivity index (χ1) is 13.3. The highest BCUT2D eigenvalue weighted by Gasteiger charge is 2.26. The van der Waals surface area contributed by atoms with Crippen LogP contribution in [0.25, 0.3) is 0 Å². The lowest BCUT2D eigenvalue weighted by Gasteiger charge is -2.28. The number of nitrogens with zero attached hydrogens (tertiary/aromatic N) is 1. The number of fused-ring (bicyclic) bond motifs is 1. The van der Waals surface area contributed by atoms with Gasteiger partial charge in [-0.05, 0) is 55.9 Å². The van der Waals surface area contributed by atoms with Crippen molar-refractivity contribution < 1.29 is 13.2 Å². The molecule has 0 saturated carbocycles. The predicted octanol–water partition coefficient (Wildman–Crippen LogP) is 3.12. The maximum absolute atomic E-state index is 12.7. The van der Waals surface area contributed by atoms with Crippen LogP contribution in [0.15, 0.2) is 36.4 Å². The quantitative estimate of drug-likeness (QED) is 0.758. The molecular weight excluding hydrogens is 372 g/mol. The number of rotatable bonds is 6. The van der Waals surface area contributed by atoms with Gasteiger partial charge in [-0.15, -0.1) is 0 Å². The lowest BCUT2D eigenvalue weighted by molar-refractivity contribution is 0.0952. The number of benzene rings is 2. The van der Waals surface area contributed by atoms with Crippen LogP contribution in [0.4, 0.5) is 0 Å². The highest BCUT2D eigenvalue weighted by atomic mass is 32.2. The fourth-order valence-electron chi connectivity index (χ4n) is 3.92. The Labute approximate surface area is 167 Å². The van der Waals surface area contributed by atoms with Crippen LogP contribution in [0.1, 0.15) is 44.6 Å². The Morgan fingerprint density at radius 2 is 1.71 bits per heavy atom. The Hall–Kier alpha value is -2.18. The molecule has 1 heterocycles. The van der Waals surface area contributed by atoms with Crippen LogP contribution in [0.5, 0.6) is 0 Å². The fraction of sp³-hybridized carbons (Fsp3) is 0.409. The van der Waals surface area contributed by atoms with Crippen molar-refractivity contribution in [1.82, 2.24) is 9.62 Å². The van der Waals surface area contributed by atoms with Gasteiger partial charge in [-0.25, -0.2) is 8.42 Å². The maximum Gasteiger partial charge on any atom is 0.251 e. The van der Waals surface area contributed by atoms with Gasteiger partial charge in [-0.2, -0.15) is 4.31 Å². The SMILES string of the molecule is Cc1cc(C)c(C(=O)NCCCS(=O)(=O)N2CCc3ccccc3C2)c(C)c1. The number of nitrogens with one attached hydrogen (secondary N) is 1. The summed E-state index contributed by atoms with van der Waals surface area (Å²) in [6.07, 6.45) is 1.15. The Morgan fingerprint density at radius 1 is 1.07 bits per heavy atom. The van der Waals surface area contributed by atoms with Crippen LogP contribution in [-0.4, -0.2) is 37.5 Å². The third-order valence-electron chi connectivity index (χ3n) is 5.26. The fourth-order valence-corrected chi connectivity index (χ4v) is 5.39. The van der Waals surface area contributed by atoms with E-state index in [4.69, 9.17) is 0 Å². The summed E-state index contributed by atoms with van der Waals surface area (Å²) in [5.74, 6) is -0.0966. The maximum atomic E-state index is 12.7. The highest BCUT2D eigenvalue weighted by Crippen LogP contribution is 2.21. The smallest absolute Gasteiger partial charge is 0.251 e. The summed E-state index contributed by atoms with van der Waals surface area (Å²) in [4.78, 5) is 12.5. The van der Waals surface area contributed by atoms with Crippen molar-refractivity contribution in [3.8, 4) is 0 Å². The van der Waals surface area contributed by atoms with Gasteiger partial charge in [0.1, 0.15) is 0 Å². The number of carbonyl (C=O) groups is 1. The molecular formula is C22H28N2O3S. The molecule has 0 radical (unpaired) electrons. The molecule has 0 unspecified atom stereocenters. The zero-order chi connectivity index (χ0) is 20.3. The molecule has 1 amide bonds. The van der Waals surface area contributed by atoms with E-state index in [0.29, 0.717) is 31.6 Å². The predicted molar refractivity (Wildman–Crippen MR) is 112 cm³/mol. The molecule has 1 aliphatic heterocycles. The summed E-state index contributed by atoms with van der Waals surface area (Å²) < 4.78 is 26.9. The Morgan fingerprint density at radius 3 is 2.39 bits per heavy atom. The molecule has 0 aliphatic carbocycles. The van der Waals surface area contributed by atoms with Crippen molar-refractivity contribution in [3.63, 3.8) is 0 Å². The third-order valence-corrected chi connectivity index (χ3v) is 7.16. The summed E-state index contributed by atoms with van der Waals surface area (Å²) in [6, 6.07) is 12.0. The van der Waals surface area contributed by atoms with E-state index >= 15 is 0 Å². The van der Waals surface area contributed by atoms with E-state index in [2.05, 4.69) is 11.4 Å². The normalized spacial score (nSPS) is 14.5. The van der Waals surface area contributed by atoms with E-state index in [9.17, 15) is 13.2 Å². The van der Waals surface area contributed by atoms with E-state index in [1.54, 1.807) is 4.31 Å². The second kappa shape index (κ2) is 8.45. The molecule has 0 fully saturated rings. The molecule has 150 valence electrons. The number of sulfonamides is 1. The summed E-state index contributed by atoms with van der Waals surface area (Å²) in [7, 11) is -3.33. The lowest BCUT2D eigenvalue weighted by Crippen LogP contribution is -2.38. The van der Waals surface area contributed by atoms with Gasteiger partial charge in [0.25, 0.3) is 5.91 Å². The van der Waals surface area contributed by atoms with Gasteiger partial charge in [0.15, 0.2) is 0 Å². The van der Waals surface area contributed by atoms with Crippen molar-refractivity contribution in [2.75, 3.05) is 18.8 Å². The molecule has 0 spiro atoms. The largest absolute Gasteiger partial charge is 0.352 e. The first-order valence-corrected chi connectivity index (χ1v) is 11.3. The highest BCUT2D eigenvalue weighted by molar-refractivity contribution is 7.89. The molecule has 5 nitrogen and oxygen atoms in total. The molecule has 2 aromatic carbocycles. The van der Waals surface area contributed by atoms with E-state index in [1.165, 1.54) is 5.56 Å². The minimum absolute atomic E-state index is 0.0430. The van der Waals surface area contributed by atoms with Crippen molar-refractivity contribution >= 4 is 15.9 Å². The second-order valence-electron chi connectivity index (χ2n) is 7.55. The molecule has 2 aromatic rings. The summed E-state index contributed by atoms with van der Waals surface area (Å²) in [5.41, 5.74) is 5.99. The molecule has 0 atom stereocenters. The molecule has 1 aliphatic rings. The Balaban J connectivity index is 1.53. The molecule has 0 aromatic heterocycles. The van der Waals surface area contributed by atoms with Gasteiger partial charge in [0.2, 0.25) is 10.0 Å². The van der Waals surface area contributed by atoms with Gasteiger partial charge >= 0.3 is 0 Å². The molecule has 28 heavy (non-hydrogen) atoms. The molecule has 0 saturated heterocycles. The van der Waals surface area contributed by atoms with E-state index in [-0.39, 0.29) is 11.7 Å². The van der Waals surface area contributed by atoms with Crippen molar-refractivity contribution in [2.24, 2.45) is 0 Å². The zero-order valence-electron chi connectivity index (χ0n) is 16.8. The first-order valence-electron chi connectivity index (χ1n) is 9.68. The average Bonchev–Trinajstić information content (AvgIpc) is 2.64. The van der Waals surface area contributed by atoms with Crippen LogP contribution in [0, 0.1) is 20.8 Å². The lowest BCUT2D eigenvalue weighted by atomic mass is 9.99. The second-order valence-corrected chi connectivity index (χ2v) is 9.64. The number of carbonyl (C=O) groups excluding carboxylic acids is 1. The van der Waals surface area contributed by atoms with Crippen LogP contribution in [0.3, 0.4) is 0 Å². The average molecular weight is 401 g/mol. The number of hydrogen-bond donors (Lipinski definition) is 1. The van der Waals surface area contributed by atoms with Gasteiger partial charge < -0.3 is 5.32 Å². The van der Waals surface area contributed by atoms with Gasteiger partial charge in [0, 0.05) is 25.2 Å². The summed E-state index contributed by atoms with van der Waals surface area (Å²) >= 11 is 0. The Bertz CT molecular complexity index is 960. The topological polar surface area (TPSA) is 66.5 Å². The van der Waals surface area contributed by atoms with E-state index in [1.807, 2.05) is 51.1 Å². The number of aryl methyl sites for hydroxylation is 3. The molecule has 1 N–H and O–H groups in total. The van der Waals surface area contributed by atoms with Crippen LogP contribution in [-0.2, 0) is 23.0 Å². The van der Waals surface area contributed by atoms with Crippen molar-refractivity contribution in [1.29, 1.82) is 0 Å². The summed E-state index contributed by atoms with van der Waals surface area (Å²) in [5, 5.41) is 2.87. The van der Waals surface area contributed by atoms with Crippen molar-refractivity contribution in [3.05, 3.63) is 69.8 Å². The number of hydrogen-bond acceptors (Lipinski definition) is 3. The monoisotopic (exact) mass is 400 g/mol. The van der Waals surface area contributed by atoms with E-state index < -0.39 is 10.0 Å². The first kappa shape index (κ1) is 20.6. The number of amides is 1. The third kappa shape index (κ3) is 4.62. The van der Waals surface area contributed by atoms with Crippen LogP contribution in [0.2, 0.25) is 0 Å². The van der Waals surface area contributed by atoms with Gasteiger partial charge in [-0.1, -0.05) is 42.0 Å². The molecule has 6 heteroatoms. The molecule has 0 bridgehead atoms.